The molecule has 2 N–H and O–H groups in total. The lowest BCUT2D eigenvalue weighted by Crippen LogP contribution is -2.39. The van der Waals surface area contributed by atoms with Gasteiger partial charge in [0.25, 0.3) is 5.56 Å². The summed E-state index contributed by atoms with van der Waals surface area (Å²) < 4.78 is 27.2. The molecule has 0 radical (unpaired) electrons. The van der Waals surface area contributed by atoms with Gasteiger partial charge in [0.15, 0.2) is 0 Å². The fourth-order valence-electron chi connectivity index (χ4n) is 3.27. The van der Waals surface area contributed by atoms with E-state index in [2.05, 4.69) is 16.9 Å². The number of H-pyrrole nitrogens is 2. The minimum Gasteiger partial charge on any atom is -0.307 e. The third-order valence-electron chi connectivity index (χ3n) is 4.89. The molecule has 1 fully saturated rings. The van der Waals surface area contributed by atoms with E-state index >= 15 is 0 Å². The number of hydrogen-bond acceptors (Lipinski definition) is 4. The summed E-state index contributed by atoms with van der Waals surface area (Å²) in [7, 11) is -2.09. The summed E-state index contributed by atoms with van der Waals surface area (Å²) in [5.41, 5.74) is -0.895. The van der Waals surface area contributed by atoms with Crippen LogP contribution in [0.3, 0.4) is 0 Å². The van der Waals surface area contributed by atoms with Crippen LogP contribution in [-0.2, 0) is 10.0 Å². The zero-order valence-corrected chi connectivity index (χ0v) is 14.5. The van der Waals surface area contributed by atoms with Crippen LogP contribution < -0.4 is 11.2 Å². The van der Waals surface area contributed by atoms with E-state index in [1.54, 1.807) is 7.05 Å². The van der Waals surface area contributed by atoms with Crippen molar-refractivity contribution in [1.29, 1.82) is 0 Å². The third kappa shape index (κ3) is 3.03. The second kappa shape index (κ2) is 6.18. The highest BCUT2D eigenvalue weighted by Crippen LogP contribution is 2.29. The lowest BCUT2D eigenvalue weighted by atomic mass is 9.87. The average molecular weight is 351 g/mol. The molecule has 1 aromatic carbocycles. The molecule has 1 heterocycles. The van der Waals surface area contributed by atoms with E-state index in [0.717, 1.165) is 25.7 Å². The predicted molar refractivity (Wildman–Crippen MR) is 91.6 cm³/mol. The van der Waals surface area contributed by atoms with Crippen molar-refractivity contribution in [3.63, 3.8) is 0 Å². The van der Waals surface area contributed by atoms with Crippen molar-refractivity contribution in [2.75, 3.05) is 7.05 Å². The quantitative estimate of drug-likeness (QED) is 0.873. The molecule has 24 heavy (non-hydrogen) atoms. The first kappa shape index (κ1) is 16.9. The van der Waals surface area contributed by atoms with E-state index in [1.165, 1.54) is 22.5 Å². The van der Waals surface area contributed by atoms with Gasteiger partial charge in [0, 0.05) is 13.1 Å². The van der Waals surface area contributed by atoms with E-state index in [1.807, 2.05) is 0 Å². The number of rotatable bonds is 3. The second-order valence-corrected chi connectivity index (χ2v) is 8.55. The molecule has 130 valence electrons. The van der Waals surface area contributed by atoms with Gasteiger partial charge < -0.3 is 4.98 Å². The minimum absolute atomic E-state index is 0.0178. The number of aromatic amines is 2. The molecule has 0 atom stereocenters. The molecule has 7 nitrogen and oxygen atoms in total. The van der Waals surface area contributed by atoms with Crippen molar-refractivity contribution >= 4 is 20.9 Å². The Hall–Kier alpha value is -1.93. The van der Waals surface area contributed by atoms with Crippen LogP contribution in [0.2, 0.25) is 0 Å². The molecule has 1 aliphatic rings. The van der Waals surface area contributed by atoms with Crippen molar-refractivity contribution in [2.45, 2.75) is 43.5 Å². The third-order valence-corrected chi connectivity index (χ3v) is 6.79. The number of nitrogens with zero attached hydrogens (tertiary/aromatic N) is 1. The maximum absolute atomic E-state index is 12.9. The van der Waals surface area contributed by atoms with Gasteiger partial charge in [-0.25, -0.2) is 13.2 Å². The maximum Gasteiger partial charge on any atom is 0.326 e. The van der Waals surface area contributed by atoms with Gasteiger partial charge >= 0.3 is 5.69 Å². The highest BCUT2D eigenvalue weighted by Gasteiger charge is 2.30. The van der Waals surface area contributed by atoms with Gasteiger partial charge in [-0.2, -0.15) is 4.31 Å². The molecule has 8 heteroatoms. The Balaban J connectivity index is 1.99. The molecule has 0 unspecified atom stereocenters. The summed E-state index contributed by atoms with van der Waals surface area (Å²) in [6.07, 6.45) is 3.73. The Morgan fingerprint density at radius 3 is 2.42 bits per heavy atom. The first-order chi connectivity index (χ1) is 11.3. The first-order valence-electron chi connectivity index (χ1n) is 8.03. The molecule has 1 saturated carbocycles. The van der Waals surface area contributed by atoms with Gasteiger partial charge in [-0.3, -0.25) is 9.78 Å². The molecule has 1 aromatic heterocycles. The van der Waals surface area contributed by atoms with Crippen LogP contribution in [0, 0.1) is 5.92 Å². The Bertz CT molecular complexity index is 969. The predicted octanol–water partition coefficient (Wildman–Crippen LogP) is 1.42. The topological polar surface area (TPSA) is 103 Å². The lowest BCUT2D eigenvalue weighted by Gasteiger charge is -2.32. The summed E-state index contributed by atoms with van der Waals surface area (Å²) in [5.74, 6) is 0.633. The monoisotopic (exact) mass is 351 g/mol. The van der Waals surface area contributed by atoms with E-state index in [4.69, 9.17) is 0 Å². The number of hydrogen-bond donors (Lipinski definition) is 2. The van der Waals surface area contributed by atoms with Crippen LogP contribution in [0.4, 0.5) is 0 Å². The van der Waals surface area contributed by atoms with Gasteiger partial charge in [-0.1, -0.05) is 6.92 Å². The van der Waals surface area contributed by atoms with Gasteiger partial charge in [-0.15, -0.1) is 0 Å². The van der Waals surface area contributed by atoms with Crippen LogP contribution in [0.15, 0.2) is 32.7 Å². The molecule has 0 spiro atoms. The molecule has 2 aromatic rings. The fraction of sp³-hybridized carbons (Fsp3) is 0.500. The van der Waals surface area contributed by atoms with E-state index in [0.29, 0.717) is 11.4 Å². The molecule has 0 aliphatic heterocycles. The molecule has 0 saturated heterocycles. The van der Waals surface area contributed by atoms with Crippen molar-refractivity contribution in [3.8, 4) is 0 Å². The van der Waals surface area contributed by atoms with Gasteiger partial charge in [0.05, 0.1) is 15.8 Å². The SMILES string of the molecule is CC1CCC(N(C)S(=O)(=O)c2ccc3[nH]c(=O)[nH]c(=O)c3c2)CC1. The average Bonchev–Trinajstić information content (AvgIpc) is 2.54. The van der Waals surface area contributed by atoms with Crippen molar-refractivity contribution in [3.05, 3.63) is 39.0 Å². The molecule has 3 rings (SSSR count). The summed E-state index contributed by atoms with van der Waals surface area (Å²) >= 11 is 0. The number of fused-ring (bicyclic) bond motifs is 1. The van der Waals surface area contributed by atoms with Gasteiger partial charge in [0.2, 0.25) is 10.0 Å². The van der Waals surface area contributed by atoms with Crippen molar-refractivity contribution < 1.29 is 8.42 Å². The zero-order valence-electron chi connectivity index (χ0n) is 13.7. The van der Waals surface area contributed by atoms with Crippen LogP contribution in [-0.4, -0.2) is 35.8 Å². The summed E-state index contributed by atoms with van der Waals surface area (Å²) in [5, 5.41) is 0.154. The number of aromatic nitrogens is 2. The van der Waals surface area contributed by atoms with E-state index < -0.39 is 21.3 Å². The largest absolute Gasteiger partial charge is 0.326 e. The smallest absolute Gasteiger partial charge is 0.307 e. The van der Waals surface area contributed by atoms with E-state index in [9.17, 15) is 18.0 Å². The number of benzene rings is 1. The van der Waals surface area contributed by atoms with Crippen molar-refractivity contribution in [2.24, 2.45) is 5.92 Å². The Kier molecular flexibility index (Phi) is 4.35. The summed E-state index contributed by atoms with van der Waals surface area (Å²) in [6, 6.07) is 4.18. The molecular weight excluding hydrogens is 330 g/mol. The summed E-state index contributed by atoms with van der Waals surface area (Å²) in [4.78, 5) is 27.9. The van der Waals surface area contributed by atoms with E-state index in [-0.39, 0.29) is 16.3 Å². The standard InChI is InChI=1S/C16H21N3O4S/c1-10-3-5-11(6-4-10)19(2)24(22,23)12-7-8-14-13(9-12)15(20)18-16(21)17-14/h7-11H,3-6H2,1-2H3,(H2,17,18,20,21). The molecule has 0 amide bonds. The lowest BCUT2D eigenvalue weighted by molar-refractivity contribution is 0.246. The molecule has 1 aliphatic carbocycles. The highest BCUT2D eigenvalue weighted by molar-refractivity contribution is 7.89. The Morgan fingerprint density at radius 2 is 1.75 bits per heavy atom. The van der Waals surface area contributed by atoms with Crippen LogP contribution >= 0.6 is 0 Å². The van der Waals surface area contributed by atoms with Crippen molar-refractivity contribution in [1.82, 2.24) is 14.3 Å². The first-order valence-corrected chi connectivity index (χ1v) is 9.47. The minimum atomic E-state index is -3.69. The maximum atomic E-state index is 12.9. The van der Waals surface area contributed by atoms with Gasteiger partial charge in [-0.05, 0) is 49.8 Å². The van der Waals surface area contributed by atoms with Gasteiger partial charge in [0.1, 0.15) is 0 Å². The normalized spacial score (nSPS) is 22.1. The Morgan fingerprint density at radius 1 is 1.08 bits per heavy atom. The second-order valence-electron chi connectivity index (χ2n) is 6.55. The van der Waals surface area contributed by atoms with Crippen LogP contribution in [0.25, 0.3) is 10.9 Å². The van der Waals surface area contributed by atoms with Crippen LogP contribution in [0.1, 0.15) is 32.6 Å². The number of nitrogens with one attached hydrogen (secondary N) is 2. The highest BCUT2D eigenvalue weighted by atomic mass is 32.2. The summed E-state index contributed by atoms with van der Waals surface area (Å²) in [6.45, 7) is 2.18. The molecular formula is C16H21N3O4S. The zero-order chi connectivity index (χ0) is 17.5. The molecule has 0 bridgehead atoms. The Labute approximate surface area is 139 Å². The fourth-order valence-corrected chi connectivity index (χ4v) is 4.72. The van der Waals surface area contributed by atoms with Crippen LogP contribution in [0.5, 0.6) is 0 Å². The number of sulfonamides is 1.